The maximum Gasteiger partial charge on any atom is 0.00886 e. The Balaban J connectivity index is 3.02. The molecule has 0 radical (unpaired) electrons. The molecule has 0 atom stereocenters. The van der Waals surface area contributed by atoms with Gasteiger partial charge >= 0.3 is 0 Å². The molecular weight excluding hydrogens is 168 g/mol. The standard InChI is InChI=1S/C14H26/c1-3-5-7-9-11-13-14-12-10-8-6-4-2/h3-11,13H2,1-2H3. The Morgan fingerprint density at radius 3 is 1.57 bits per heavy atom. The van der Waals surface area contributed by atoms with E-state index in [2.05, 4.69) is 25.7 Å². The van der Waals surface area contributed by atoms with E-state index >= 15 is 0 Å². The summed E-state index contributed by atoms with van der Waals surface area (Å²) in [7, 11) is 0. The van der Waals surface area contributed by atoms with Crippen LogP contribution in [0.3, 0.4) is 0 Å². The van der Waals surface area contributed by atoms with Gasteiger partial charge in [0.25, 0.3) is 0 Å². The van der Waals surface area contributed by atoms with Crippen molar-refractivity contribution in [2.75, 3.05) is 0 Å². The van der Waals surface area contributed by atoms with Crippen LogP contribution in [0, 0.1) is 11.8 Å². The predicted molar refractivity (Wildman–Crippen MR) is 65.3 cm³/mol. The molecule has 0 amide bonds. The van der Waals surface area contributed by atoms with Gasteiger partial charge < -0.3 is 0 Å². The molecule has 0 spiro atoms. The minimum absolute atomic E-state index is 1.11. The molecule has 0 unspecified atom stereocenters. The van der Waals surface area contributed by atoms with Gasteiger partial charge in [-0.05, 0) is 12.8 Å². The lowest BCUT2D eigenvalue weighted by molar-refractivity contribution is 0.641. The van der Waals surface area contributed by atoms with Gasteiger partial charge in [-0.1, -0.05) is 52.4 Å². The average Bonchev–Trinajstić information content (AvgIpc) is 2.21. The van der Waals surface area contributed by atoms with Crippen LogP contribution in [0.25, 0.3) is 0 Å². The molecule has 0 saturated heterocycles. The van der Waals surface area contributed by atoms with Gasteiger partial charge in [-0.3, -0.25) is 0 Å². The lowest BCUT2D eigenvalue weighted by atomic mass is 10.1. The molecule has 0 aromatic carbocycles. The van der Waals surface area contributed by atoms with Crippen molar-refractivity contribution in [2.45, 2.75) is 78.1 Å². The van der Waals surface area contributed by atoms with Crippen LogP contribution in [0.2, 0.25) is 0 Å². The van der Waals surface area contributed by atoms with Gasteiger partial charge in [0.05, 0.1) is 0 Å². The first-order valence-electron chi connectivity index (χ1n) is 6.37. The first-order valence-corrected chi connectivity index (χ1v) is 6.37. The molecule has 0 N–H and O–H groups in total. The second-order valence-corrected chi connectivity index (χ2v) is 3.97. The van der Waals surface area contributed by atoms with E-state index in [0.717, 1.165) is 12.8 Å². The summed E-state index contributed by atoms with van der Waals surface area (Å²) in [6, 6.07) is 0. The third-order valence-corrected chi connectivity index (χ3v) is 2.44. The van der Waals surface area contributed by atoms with E-state index in [9.17, 15) is 0 Å². The summed E-state index contributed by atoms with van der Waals surface area (Å²) in [6.45, 7) is 4.49. The monoisotopic (exact) mass is 194 g/mol. The summed E-state index contributed by atoms with van der Waals surface area (Å²) in [6.07, 6.45) is 13.0. The number of hydrogen-bond donors (Lipinski definition) is 0. The quantitative estimate of drug-likeness (QED) is 0.379. The summed E-state index contributed by atoms with van der Waals surface area (Å²) >= 11 is 0. The van der Waals surface area contributed by atoms with Crippen LogP contribution < -0.4 is 0 Å². The van der Waals surface area contributed by atoms with E-state index in [1.54, 1.807) is 0 Å². The molecule has 0 aromatic rings. The van der Waals surface area contributed by atoms with Crippen LogP contribution in [-0.4, -0.2) is 0 Å². The fraction of sp³-hybridized carbons (Fsp3) is 0.857. The summed E-state index contributed by atoms with van der Waals surface area (Å²) in [5, 5.41) is 0. The summed E-state index contributed by atoms with van der Waals surface area (Å²) < 4.78 is 0. The van der Waals surface area contributed by atoms with Crippen LogP contribution in [-0.2, 0) is 0 Å². The maximum absolute atomic E-state index is 3.27. The molecule has 14 heavy (non-hydrogen) atoms. The molecule has 0 nitrogen and oxygen atoms in total. The number of hydrogen-bond acceptors (Lipinski definition) is 0. The van der Waals surface area contributed by atoms with Crippen LogP contribution in [0.15, 0.2) is 0 Å². The van der Waals surface area contributed by atoms with Gasteiger partial charge in [0.2, 0.25) is 0 Å². The van der Waals surface area contributed by atoms with Crippen molar-refractivity contribution in [1.82, 2.24) is 0 Å². The summed E-state index contributed by atoms with van der Waals surface area (Å²) in [5.74, 6) is 6.53. The Hall–Kier alpha value is -0.440. The lowest BCUT2D eigenvalue weighted by Gasteiger charge is -1.94. The smallest absolute Gasteiger partial charge is 0.00886 e. The minimum Gasteiger partial charge on any atom is -0.103 e. The van der Waals surface area contributed by atoms with Crippen molar-refractivity contribution in [3.8, 4) is 11.8 Å². The molecular formula is C14H26. The summed E-state index contributed by atoms with van der Waals surface area (Å²) in [5.41, 5.74) is 0. The zero-order chi connectivity index (χ0) is 10.5. The third kappa shape index (κ3) is 11.6. The topological polar surface area (TPSA) is 0 Å². The SMILES string of the molecule is CCCCCC#CCCCCCCC. The fourth-order valence-corrected chi connectivity index (χ4v) is 1.46. The average molecular weight is 194 g/mol. The molecule has 0 heteroatoms. The minimum atomic E-state index is 1.11. The number of unbranched alkanes of at least 4 members (excludes halogenated alkanes) is 8. The van der Waals surface area contributed by atoms with Gasteiger partial charge in [-0.15, -0.1) is 11.8 Å². The Morgan fingerprint density at radius 1 is 0.571 bits per heavy atom. The normalized spacial score (nSPS) is 9.57. The summed E-state index contributed by atoms with van der Waals surface area (Å²) in [4.78, 5) is 0. The van der Waals surface area contributed by atoms with Crippen molar-refractivity contribution in [2.24, 2.45) is 0 Å². The van der Waals surface area contributed by atoms with Crippen LogP contribution in [0.5, 0.6) is 0 Å². The molecule has 0 aliphatic carbocycles. The highest BCUT2D eigenvalue weighted by Crippen LogP contribution is 2.04. The molecule has 82 valence electrons. The van der Waals surface area contributed by atoms with E-state index in [4.69, 9.17) is 0 Å². The van der Waals surface area contributed by atoms with Gasteiger partial charge in [0.1, 0.15) is 0 Å². The molecule has 0 aliphatic heterocycles. The molecule has 0 fully saturated rings. The predicted octanol–water partition coefficient (Wildman–Crippen LogP) is 4.93. The van der Waals surface area contributed by atoms with E-state index in [1.165, 1.54) is 51.4 Å². The Morgan fingerprint density at radius 2 is 1.00 bits per heavy atom. The van der Waals surface area contributed by atoms with Crippen LogP contribution in [0.1, 0.15) is 78.1 Å². The van der Waals surface area contributed by atoms with Crippen molar-refractivity contribution in [3.05, 3.63) is 0 Å². The molecule has 0 heterocycles. The highest BCUT2D eigenvalue weighted by atomic mass is 13.9. The van der Waals surface area contributed by atoms with Crippen molar-refractivity contribution in [3.63, 3.8) is 0 Å². The third-order valence-electron chi connectivity index (χ3n) is 2.44. The van der Waals surface area contributed by atoms with E-state index in [1.807, 2.05) is 0 Å². The Kier molecular flexibility index (Phi) is 12.2. The van der Waals surface area contributed by atoms with Crippen molar-refractivity contribution < 1.29 is 0 Å². The zero-order valence-corrected chi connectivity index (χ0v) is 10.1. The lowest BCUT2D eigenvalue weighted by Crippen LogP contribution is -1.76. The fourth-order valence-electron chi connectivity index (χ4n) is 1.46. The molecule has 0 aliphatic rings. The zero-order valence-electron chi connectivity index (χ0n) is 10.1. The maximum atomic E-state index is 3.27. The van der Waals surface area contributed by atoms with Gasteiger partial charge in [-0.25, -0.2) is 0 Å². The first kappa shape index (κ1) is 13.6. The molecule has 0 rings (SSSR count). The Bertz CT molecular complexity index is 147. The van der Waals surface area contributed by atoms with Gasteiger partial charge in [-0.2, -0.15) is 0 Å². The highest BCUT2D eigenvalue weighted by Gasteiger charge is 1.86. The molecule has 0 saturated carbocycles. The largest absolute Gasteiger partial charge is 0.103 e. The van der Waals surface area contributed by atoms with E-state index < -0.39 is 0 Å². The van der Waals surface area contributed by atoms with E-state index in [-0.39, 0.29) is 0 Å². The van der Waals surface area contributed by atoms with Crippen LogP contribution in [0.4, 0.5) is 0 Å². The van der Waals surface area contributed by atoms with Crippen molar-refractivity contribution >= 4 is 0 Å². The highest BCUT2D eigenvalue weighted by molar-refractivity contribution is 4.98. The number of rotatable bonds is 8. The molecule has 0 bridgehead atoms. The van der Waals surface area contributed by atoms with Crippen molar-refractivity contribution in [1.29, 1.82) is 0 Å². The van der Waals surface area contributed by atoms with Gasteiger partial charge in [0, 0.05) is 12.8 Å². The second-order valence-electron chi connectivity index (χ2n) is 3.97. The molecule has 0 aromatic heterocycles. The van der Waals surface area contributed by atoms with Crippen LogP contribution >= 0.6 is 0 Å². The second kappa shape index (κ2) is 12.6. The van der Waals surface area contributed by atoms with Gasteiger partial charge in [0.15, 0.2) is 0 Å². The Labute approximate surface area is 90.5 Å². The van der Waals surface area contributed by atoms with E-state index in [0.29, 0.717) is 0 Å². The first-order chi connectivity index (χ1) is 6.91.